The van der Waals surface area contributed by atoms with Crippen molar-refractivity contribution in [2.45, 2.75) is 0 Å². The van der Waals surface area contributed by atoms with E-state index in [0.29, 0.717) is 0 Å². The molecule has 4 heteroatoms. The molecule has 0 aliphatic carbocycles. The fourth-order valence-corrected chi connectivity index (χ4v) is 0. The quantitative estimate of drug-likeness (QED) is 0.236. The van der Waals surface area contributed by atoms with Crippen LogP contribution in [0.2, 0.25) is 0 Å². The smallest absolute Gasteiger partial charge is 1.00 e. The maximum Gasteiger partial charge on any atom is 2.00 e. The molecule has 0 rings (SSSR count). The molecule has 30 valence electrons. The first-order chi connectivity index (χ1) is 1.00. The molecule has 0 spiro atoms. The van der Waals surface area contributed by atoms with Crippen LogP contribution < -0.4 is 24.8 Å². The predicted molar refractivity (Wildman–Crippen MR) is 17.5 cm³/mol. The Morgan fingerprint density at radius 1 is 1.00 bits per heavy atom. The summed E-state index contributed by atoms with van der Waals surface area (Å²) in [4.78, 5) is 0. The molecule has 0 fully saturated rings. The third-order valence-electron chi connectivity index (χ3n) is 0. The minimum atomic E-state index is 0. The second-order valence-electron chi connectivity index (χ2n) is 0. The van der Waals surface area contributed by atoms with Crippen LogP contribution in [0.4, 0.5) is 0 Å². The van der Waals surface area contributed by atoms with Gasteiger partial charge in [0.15, 0.2) is 0 Å². The van der Waals surface area contributed by atoms with E-state index in [0.717, 1.165) is 0 Å². The Hall–Kier alpha value is 1.64. The van der Waals surface area contributed by atoms with Gasteiger partial charge in [0.25, 0.3) is 0 Å². The van der Waals surface area contributed by atoms with Crippen molar-refractivity contribution in [2.24, 2.45) is 0 Å². The van der Waals surface area contributed by atoms with Crippen LogP contribution in [-0.4, -0.2) is 29.4 Å². The van der Waals surface area contributed by atoms with Gasteiger partial charge in [-0.3, -0.25) is 0 Å². The topological polar surface area (TPSA) is 0 Å². The zero-order chi connectivity index (χ0) is 2.00. The summed E-state index contributed by atoms with van der Waals surface area (Å²) in [5.41, 5.74) is 0. The molecule has 0 aromatic carbocycles. The summed E-state index contributed by atoms with van der Waals surface area (Å²) in [6.07, 6.45) is 1.47. The Morgan fingerprint density at radius 2 is 1.00 bits per heavy atom. The van der Waals surface area contributed by atoms with Crippen LogP contribution in [0.1, 0.15) is 0 Å². The first kappa shape index (κ1) is 30.3. The van der Waals surface area contributed by atoms with Crippen molar-refractivity contribution in [2.75, 3.05) is 6.38 Å². The van der Waals surface area contributed by atoms with Crippen molar-refractivity contribution in [1.82, 2.24) is 0 Å². The van der Waals surface area contributed by atoms with E-state index in [1.54, 1.807) is 0 Å². The van der Waals surface area contributed by atoms with Crippen molar-refractivity contribution in [3.8, 4) is 0 Å². The van der Waals surface area contributed by atoms with Gasteiger partial charge in [0.1, 0.15) is 0 Å². The molecule has 0 bridgehead atoms. The number of halogens is 3. The van der Waals surface area contributed by atoms with Crippen molar-refractivity contribution in [3.05, 3.63) is 0 Å². The molecule has 0 saturated carbocycles. The van der Waals surface area contributed by atoms with Gasteiger partial charge < -0.3 is 24.8 Å². The van der Waals surface area contributed by atoms with Crippen molar-refractivity contribution in [3.63, 3.8) is 0 Å². The van der Waals surface area contributed by atoms with Crippen LogP contribution in [0.3, 0.4) is 0 Å². The van der Waals surface area contributed by atoms with Crippen LogP contribution in [0, 0.1) is 0 Å². The molecule has 0 aromatic rings. The molecule has 0 saturated heterocycles. The summed E-state index contributed by atoms with van der Waals surface area (Å²) in [5, 5.41) is 0. The summed E-state index contributed by atoms with van der Waals surface area (Å²) < 4.78 is 0. The molecule has 0 radical (unpaired) electrons. The summed E-state index contributed by atoms with van der Waals surface area (Å²) in [6, 6.07) is 0. The van der Waals surface area contributed by atoms with E-state index < -0.39 is 0 Å². The van der Waals surface area contributed by atoms with Gasteiger partial charge >= 0.3 is 23.1 Å². The molecule has 0 nitrogen and oxygen atoms in total. The molecule has 0 aliphatic rings. The first-order valence-corrected chi connectivity index (χ1v) is 1.13. The van der Waals surface area contributed by atoms with Crippen LogP contribution in [0.25, 0.3) is 0 Å². The van der Waals surface area contributed by atoms with Crippen LogP contribution in [-0.2, 0) is 0 Å². The standard InChI is InChI=1S/CH3Cl.2ClH.Mg/c1-2;;;/h1H3;2*1H;/q;;;+2/p-2. The monoisotopic (exact) mass is 144 g/mol. The van der Waals surface area contributed by atoms with Crippen LogP contribution >= 0.6 is 11.6 Å². The molecule has 0 amide bonds. The van der Waals surface area contributed by atoms with Crippen LogP contribution in [0.5, 0.6) is 0 Å². The van der Waals surface area contributed by atoms with E-state index in [2.05, 4.69) is 11.6 Å². The van der Waals surface area contributed by atoms with Gasteiger partial charge in [-0.2, -0.15) is 0 Å². The normalized spacial score (nSPS) is 1.20. The minimum absolute atomic E-state index is 0. The zero-order valence-electron chi connectivity index (χ0n) is 2.84. The Labute approximate surface area is 65.6 Å². The zero-order valence-corrected chi connectivity index (χ0v) is 6.52. The maximum atomic E-state index is 4.64. The third kappa shape index (κ3) is 27.8. The second-order valence-corrected chi connectivity index (χ2v) is 0. The molecular weight excluding hydrogens is 143 g/mol. The van der Waals surface area contributed by atoms with Crippen molar-refractivity contribution >= 4 is 34.7 Å². The Morgan fingerprint density at radius 3 is 1.00 bits per heavy atom. The van der Waals surface area contributed by atoms with E-state index in [1.165, 1.54) is 6.38 Å². The van der Waals surface area contributed by atoms with Crippen molar-refractivity contribution in [1.29, 1.82) is 0 Å². The first-order valence-electron chi connectivity index (χ1n) is 0.378. The van der Waals surface area contributed by atoms with Gasteiger partial charge in [-0.25, -0.2) is 0 Å². The van der Waals surface area contributed by atoms with Gasteiger partial charge in [0.2, 0.25) is 0 Å². The number of hydrogen-bond acceptors (Lipinski definition) is 0. The van der Waals surface area contributed by atoms with Crippen molar-refractivity contribution < 1.29 is 24.8 Å². The summed E-state index contributed by atoms with van der Waals surface area (Å²) in [7, 11) is 0. The predicted octanol–water partition coefficient (Wildman–Crippen LogP) is -5.52. The maximum absolute atomic E-state index is 4.64. The van der Waals surface area contributed by atoms with Crippen LogP contribution in [0.15, 0.2) is 0 Å². The molecule has 0 aliphatic heterocycles. The van der Waals surface area contributed by atoms with Gasteiger partial charge in [-0.15, -0.1) is 11.6 Å². The Balaban J connectivity index is -0.00000000167. The third-order valence-corrected chi connectivity index (χ3v) is 0. The SMILES string of the molecule is CCl.[Cl-].[Cl-].[Mg+2]. The molecule has 0 aromatic heterocycles. The average Bonchev–Trinajstić information content (AvgIpc) is 1.00. The van der Waals surface area contributed by atoms with Gasteiger partial charge in [-0.1, -0.05) is 0 Å². The number of alkyl halides is 1. The van der Waals surface area contributed by atoms with E-state index >= 15 is 0 Å². The van der Waals surface area contributed by atoms with E-state index in [-0.39, 0.29) is 47.9 Å². The number of rotatable bonds is 0. The Kier molecular flexibility index (Phi) is 275. The van der Waals surface area contributed by atoms with E-state index in [9.17, 15) is 0 Å². The van der Waals surface area contributed by atoms with E-state index in [4.69, 9.17) is 0 Å². The van der Waals surface area contributed by atoms with Gasteiger partial charge in [0, 0.05) is 6.38 Å². The largest absolute Gasteiger partial charge is 2.00 e. The second kappa shape index (κ2) is 45.3. The molecule has 5 heavy (non-hydrogen) atoms. The molecule has 0 unspecified atom stereocenters. The molecular formula is CH3Cl3Mg. The fourth-order valence-electron chi connectivity index (χ4n) is 0. The summed E-state index contributed by atoms with van der Waals surface area (Å²) in [5.74, 6) is 0. The molecule has 0 N–H and O–H groups in total. The number of hydrogen-bond donors (Lipinski definition) is 0. The summed E-state index contributed by atoms with van der Waals surface area (Å²) in [6.45, 7) is 0. The van der Waals surface area contributed by atoms with Gasteiger partial charge in [0.05, 0.1) is 0 Å². The average molecular weight is 146 g/mol. The molecule has 0 atom stereocenters. The van der Waals surface area contributed by atoms with Gasteiger partial charge in [-0.05, 0) is 0 Å². The minimum Gasteiger partial charge on any atom is -1.00 e. The van der Waals surface area contributed by atoms with E-state index in [1.807, 2.05) is 0 Å². The summed E-state index contributed by atoms with van der Waals surface area (Å²) >= 11 is 4.64. The Bertz CT molecular complexity index is 6.85. The fraction of sp³-hybridized carbons (Fsp3) is 1.00. The molecule has 0 heterocycles.